The van der Waals surface area contributed by atoms with E-state index in [1.807, 2.05) is 95.9 Å². The summed E-state index contributed by atoms with van der Waals surface area (Å²) >= 11 is 0. The minimum atomic E-state index is -0.621. The highest BCUT2D eigenvalue weighted by atomic mass is 16.3. The zero-order chi connectivity index (χ0) is 17.5. The van der Waals surface area contributed by atoms with Gasteiger partial charge in [-0.1, -0.05) is 78.9 Å². The molecule has 0 spiro atoms. The Balaban J connectivity index is 1.78. The standard InChI is InChI=1S/C22H23NO2/c24-21(18-10-4-1-5-11-18)16-23(20-14-8-3-9-15-20)17-22(25)19-12-6-2-7-13-19/h1-15,21-22,24-25H,16-17H2. The average Bonchev–Trinajstić information content (AvgIpc) is 2.69. The quantitative estimate of drug-likeness (QED) is 0.688. The van der Waals surface area contributed by atoms with Crippen LogP contribution in [0.4, 0.5) is 5.69 Å². The van der Waals surface area contributed by atoms with E-state index in [2.05, 4.69) is 0 Å². The molecule has 0 aliphatic carbocycles. The van der Waals surface area contributed by atoms with Gasteiger partial charge in [0.05, 0.1) is 12.2 Å². The third kappa shape index (κ3) is 4.69. The zero-order valence-corrected chi connectivity index (χ0v) is 14.1. The Bertz CT molecular complexity index is 699. The molecule has 3 heteroatoms. The fourth-order valence-corrected chi connectivity index (χ4v) is 2.90. The summed E-state index contributed by atoms with van der Waals surface area (Å²) < 4.78 is 0. The maximum Gasteiger partial charge on any atom is 0.0964 e. The molecule has 2 atom stereocenters. The van der Waals surface area contributed by atoms with E-state index in [1.54, 1.807) is 0 Å². The first kappa shape index (κ1) is 17.2. The van der Waals surface area contributed by atoms with Gasteiger partial charge in [0, 0.05) is 18.8 Å². The van der Waals surface area contributed by atoms with E-state index in [0.29, 0.717) is 13.1 Å². The molecule has 3 nitrogen and oxygen atoms in total. The van der Waals surface area contributed by atoms with Crippen LogP contribution in [0.5, 0.6) is 0 Å². The van der Waals surface area contributed by atoms with Crippen LogP contribution >= 0.6 is 0 Å². The highest BCUT2D eigenvalue weighted by Gasteiger charge is 2.18. The summed E-state index contributed by atoms with van der Waals surface area (Å²) in [4.78, 5) is 2.02. The third-order valence-electron chi connectivity index (χ3n) is 4.28. The van der Waals surface area contributed by atoms with Crippen LogP contribution in [0.15, 0.2) is 91.0 Å². The predicted octanol–water partition coefficient (Wildman–Crippen LogP) is 3.96. The van der Waals surface area contributed by atoms with Gasteiger partial charge in [-0.3, -0.25) is 0 Å². The van der Waals surface area contributed by atoms with Gasteiger partial charge in [0.1, 0.15) is 0 Å². The average molecular weight is 333 g/mol. The normalized spacial score (nSPS) is 13.2. The molecule has 2 N–H and O–H groups in total. The van der Waals surface area contributed by atoms with E-state index < -0.39 is 12.2 Å². The zero-order valence-electron chi connectivity index (χ0n) is 14.1. The van der Waals surface area contributed by atoms with Crippen molar-refractivity contribution in [2.75, 3.05) is 18.0 Å². The maximum atomic E-state index is 10.6. The molecule has 0 saturated carbocycles. The Hall–Kier alpha value is -2.62. The first-order valence-electron chi connectivity index (χ1n) is 8.50. The predicted molar refractivity (Wildman–Crippen MR) is 101 cm³/mol. The summed E-state index contributed by atoms with van der Waals surface area (Å²) in [5.74, 6) is 0. The lowest BCUT2D eigenvalue weighted by Crippen LogP contribution is -2.32. The molecule has 2 unspecified atom stereocenters. The Morgan fingerprint density at radius 1 is 0.560 bits per heavy atom. The van der Waals surface area contributed by atoms with Crippen LogP contribution in [0.1, 0.15) is 23.3 Å². The van der Waals surface area contributed by atoms with Crippen LogP contribution in [0.3, 0.4) is 0 Å². The van der Waals surface area contributed by atoms with Crippen molar-refractivity contribution in [3.05, 3.63) is 102 Å². The van der Waals surface area contributed by atoms with Crippen molar-refractivity contribution >= 4 is 5.69 Å². The Morgan fingerprint density at radius 3 is 1.32 bits per heavy atom. The van der Waals surface area contributed by atoms with Crippen molar-refractivity contribution in [3.8, 4) is 0 Å². The number of hydrogen-bond acceptors (Lipinski definition) is 3. The summed E-state index contributed by atoms with van der Waals surface area (Å²) in [6.07, 6.45) is -1.24. The van der Waals surface area contributed by atoms with Gasteiger partial charge in [-0.15, -0.1) is 0 Å². The number of aliphatic hydroxyl groups excluding tert-OH is 2. The summed E-state index contributed by atoms with van der Waals surface area (Å²) in [6, 6.07) is 29.1. The number of aliphatic hydroxyl groups is 2. The van der Waals surface area contributed by atoms with E-state index in [4.69, 9.17) is 0 Å². The van der Waals surface area contributed by atoms with Gasteiger partial charge in [0.2, 0.25) is 0 Å². The van der Waals surface area contributed by atoms with Crippen molar-refractivity contribution in [1.82, 2.24) is 0 Å². The molecule has 0 fully saturated rings. The first-order valence-corrected chi connectivity index (χ1v) is 8.50. The number of hydrogen-bond donors (Lipinski definition) is 2. The van der Waals surface area contributed by atoms with Gasteiger partial charge in [-0.25, -0.2) is 0 Å². The van der Waals surface area contributed by atoms with E-state index in [-0.39, 0.29) is 0 Å². The van der Waals surface area contributed by atoms with Crippen molar-refractivity contribution in [1.29, 1.82) is 0 Å². The fourth-order valence-electron chi connectivity index (χ4n) is 2.90. The molecule has 3 aromatic rings. The minimum Gasteiger partial charge on any atom is -0.387 e. The van der Waals surface area contributed by atoms with E-state index in [9.17, 15) is 10.2 Å². The molecular weight excluding hydrogens is 310 g/mol. The molecule has 0 saturated heterocycles. The highest BCUT2D eigenvalue weighted by molar-refractivity contribution is 5.47. The molecule has 0 aliphatic heterocycles. The van der Waals surface area contributed by atoms with Gasteiger partial charge in [0.25, 0.3) is 0 Å². The number of anilines is 1. The Labute approximate surface area is 148 Å². The molecule has 128 valence electrons. The summed E-state index contributed by atoms with van der Waals surface area (Å²) in [5.41, 5.74) is 2.72. The van der Waals surface area contributed by atoms with Crippen LogP contribution in [-0.4, -0.2) is 23.3 Å². The molecule has 0 bridgehead atoms. The van der Waals surface area contributed by atoms with Gasteiger partial charge >= 0.3 is 0 Å². The van der Waals surface area contributed by atoms with Crippen molar-refractivity contribution in [2.24, 2.45) is 0 Å². The molecule has 3 rings (SSSR count). The number of para-hydroxylation sites is 1. The lowest BCUT2D eigenvalue weighted by molar-refractivity contribution is 0.161. The van der Waals surface area contributed by atoms with E-state index in [0.717, 1.165) is 16.8 Å². The fraction of sp³-hybridized carbons (Fsp3) is 0.182. The lowest BCUT2D eigenvalue weighted by Gasteiger charge is -2.29. The monoisotopic (exact) mass is 333 g/mol. The Kier molecular flexibility index (Phi) is 5.83. The molecule has 0 aliphatic rings. The second-order valence-electron chi connectivity index (χ2n) is 6.09. The maximum absolute atomic E-state index is 10.6. The van der Waals surface area contributed by atoms with Crippen LogP contribution in [0.25, 0.3) is 0 Å². The molecule has 0 heterocycles. The van der Waals surface area contributed by atoms with Gasteiger partial charge in [0.15, 0.2) is 0 Å². The topological polar surface area (TPSA) is 43.7 Å². The van der Waals surface area contributed by atoms with E-state index >= 15 is 0 Å². The number of nitrogens with zero attached hydrogens (tertiary/aromatic N) is 1. The summed E-state index contributed by atoms with van der Waals surface area (Å²) in [5, 5.41) is 21.2. The summed E-state index contributed by atoms with van der Waals surface area (Å²) in [6.45, 7) is 0.829. The smallest absolute Gasteiger partial charge is 0.0964 e. The van der Waals surface area contributed by atoms with Gasteiger partial charge in [-0.05, 0) is 23.3 Å². The van der Waals surface area contributed by atoms with Crippen LogP contribution in [0.2, 0.25) is 0 Å². The second-order valence-corrected chi connectivity index (χ2v) is 6.09. The lowest BCUT2D eigenvalue weighted by atomic mass is 10.1. The van der Waals surface area contributed by atoms with Crippen LogP contribution in [-0.2, 0) is 0 Å². The molecule has 25 heavy (non-hydrogen) atoms. The van der Waals surface area contributed by atoms with Crippen LogP contribution < -0.4 is 4.90 Å². The second kappa shape index (κ2) is 8.47. The number of benzene rings is 3. The molecule has 0 radical (unpaired) electrons. The number of rotatable bonds is 7. The van der Waals surface area contributed by atoms with Crippen LogP contribution in [0, 0.1) is 0 Å². The SMILES string of the molecule is OC(CN(CC(O)c1ccccc1)c1ccccc1)c1ccccc1. The molecule has 3 aromatic carbocycles. The van der Waals surface area contributed by atoms with Gasteiger partial charge in [-0.2, -0.15) is 0 Å². The molecule has 0 aromatic heterocycles. The first-order chi connectivity index (χ1) is 12.2. The third-order valence-corrected chi connectivity index (χ3v) is 4.28. The molecular formula is C22H23NO2. The summed E-state index contributed by atoms with van der Waals surface area (Å²) in [7, 11) is 0. The largest absolute Gasteiger partial charge is 0.387 e. The van der Waals surface area contributed by atoms with Gasteiger partial charge < -0.3 is 15.1 Å². The van der Waals surface area contributed by atoms with E-state index in [1.165, 1.54) is 0 Å². The van der Waals surface area contributed by atoms with Crippen molar-refractivity contribution in [2.45, 2.75) is 12.2 Å². The minimum absolute atomic E-state index is 0.415. The highest BCUT2D eigenvalue weighted by Crippen LogP contribution is 2.23. The molecule has 0 amide bonds. The Morgan fingerprint density at radius 2 is 0.920 bits per heavy atom. The van der Waals surface area contributed by atoms with Crippen molar-refractivity contribution < 1.29 is 10.2 Å². The van der Waals surface area contributed by atoms with Crippen molar-refractivity contribution in [3.63, 3.8) is 0 Å².